The maximum Gasteiger partial charge on any atom is 0.411 e. The van der Waals surface area contributed by atoms with Gasteiger partial charge in [0.1, 0.15) is 6.61 Å². The van der Waals surface area contributed by atoms with Gasteiger partial charge in [-0.1, -0.05) is 18.2 Å². The molecule has 0 radical (unpaired) electrons. The van der Waals surface area contributed by atoms with Crippen LogP contribution < -0.4 is 16.0 Å². The molecule has 1 heterocycles. The normalized spacial score (nSPS) is 17.3. The van der Waals surface area contributed by atoms with E-state index in [1.807, 2.05) is 31.2 Å². The van der Waals surface area contributed by atoms with Gasteiger partial charge in [-0.2, -0.15) is 13.2 Å². The lowest BCUT2D eigenvalue weighted by Gasteiger charge is -2.24. The van der Waals surface area contributed by atoms with Gasteiger partial charge in [0.2, 0.25) is 5.91 Å². The largest absolute Gasteiger partial charge is 0.411 e. The number of nitrogens with one attached hydrogen (secondary N) is 3. The summed E-state index contributed by atoms with van der Waals surface area (Å²) in [5.74, 6) is 0.519. The first kappa shape index (κ1) is 21.0. The molecule has 0 aliphatic carbocycles. The van der Waals surface area contributed by atoms with Crippen LogP contribution in [0.1, 0.15) is 31.2 Å². The minimum atomic E-state index is -4.30. The number of para-hydroxylation sites is 1. The summed E-state index contributed by atoms with van der Waals surface area (Å²) in [6, 6.07) is 7.65. The van der Waals surface area contributed by atoms with Crippen molar-refractivity contribution in [2.75, 3.05) is 38.2 Å². The van der Waals surface area contributed by atoms with Gasteiger partial charge in [-0.15, -0.1) is 0 Å². The first-order valence-electron chi connectivity index (χ1n) is 8.94. The van der Waals surface area contributed by atoms with Gasteiger partial charge in [-0.05, 0) is 25.0 Å². The highest BCUT2D eigenvalue weighted by Gasteiger charge is 2.27. The Kier molecular flexibility index (Phi) is 7.90. The van der Waals surface area contributed by atoms with Gasteiger partial charge in [0.25, 0.3) is 0 Å². The van der Waals surface area contributed by atoms with Crippen molar-refractivity contribution in [3.05, 3.63) is 29.8 Å². The summed E-state index contributed by atoms with van der Waals surface area (Å²) in [6.45, 7) is 2.23. The number of carbonyl (C=O) groups is 1. The molecular weight excluding hydrogens is 361 g/mol. The Labute approximate surface area is 156 Å². The second kappa shape index (κ2) is 10.1. The van der Waals surface area contributed by atoms with E-state index >= 15 is 0 Å². The number of carbonyl (C=O) groups excluding carboxylic acids is 1. The average Bonchev–Trinajstić information content (AvgIpc) is 2.61. The molecule has 27 heavy (non-hydrogen) atoms. The Morgan fingerprint density at radius 3 is 2.85 bits per heavy atom. The molecule has 0 bridgehead atoms. The minimum absolute atomic E-state index is 0.0134. The number of benzene rings is 1. The number of anilines is 1. The van der Waals surface area contributed by atoms with Crippen molar-refractivity contribution < 1.29 is 22.7 Å². The minimum Gasteiger partial charge on any atom is -0.372 e. The highest BCUT2D eigenvalue weighted by molar-refractivity contribution is 5.94. The van der Waals surface area contributed by atoms with Crippen LogP contribution in [0.3, 0.4) is 0 Å². The third kappa shape index (κ3) is 7.46. The maximum absolute atomic E-state index is 12.0. The number of hydrogen-bond donors (Lipinski definition) is 3. The molecule has 1 unspecified atom stereocenters. The molecule has 0 fully saturated rings. The first-order valence-corrected chi connectivity index (χ1v) is 8.94. The van der Waals surface area contributed by atoms with Crippen molar-refractivity contribution in [2.24, 2.45) is 4.99 Å². The molecule has 1 aliphatic heterocycles. The van der Waals surface area contributed by atoms with Crippen LogP contribution in [0, 0.1) is 0 Å². The van der Waals surface area contributed by atoms with E-state index in [9.17, 15) is 18.0 Å². The van der Waals surface area contributed by atoms with E-state index < -0.39 is 12.8 Å². The van der Waals surface area contributed by atoms with Gasteiger partial charge in [0.15, 0.2) is 5.96 Å². The van der Waals surface area contributed by atoms with Crippen LogP contribution in [0.5, 0.6) is 0 Å². The summed E-state index contributed by atoms with van der Waals surface area (Å²) in [4.78, 5) is 16.4. The number of alkyl halides is 3. The molecule has 1 aliphatic rings. The number of aliphatic imine (C=N–C) groups is 1. The Bertz CT molecular complexity index is 650. The molecule has 2 rings (SSSR count). The van der Waals surface area contributed by atoms with E-state index in [1.54, 1.807) is 0 Å². The summed E-state index contributed by atoms with van der Waals surface area (Å²) >= 11 is 0. The molecule has 1 atom stereocenters. The molecule has 1 aromatic rings. The summed E-state index contributed by atoms with van der Waals surface area (Å²) < 4.78 is 40.6. The molecule has 1 amide bonds. The van der Waals surface area contributed by atoms with Crippen molar-refractivity contribution >= 4 is 17.6 Å². The van der Waals surface area contributed by atoms with Gasteiger partial charge >= 0.3 is 6.18 Å². The van der Waals surface area contributed by atoms with Crippen molar-refractivity contribution in [3.8, 4) is 0 Å². The van der Waals surface area contributed by atoms with E-state index in [0.29, 0.717) is 38.4 Å². The molecule has 3 N–H and O–H groups in total. The number of rotatable bonds is 8. The second-order valence-electron chi connectivity index (χ2n) is 6.20. The Morgan fingerprint density at radius 2 is 2.11 bits per heavy atom. The summed E-state index contributed by atoms with van der Waals surface area (Å²) in [5.41, 5.74) is 1.87. The third-order valence-corrected chi connectivity index (χ3v) is 3.94. The van der Waals surface area contributed by atoms with Gasteiger partial charge in [0, 0.05) is 37.7 Å². The SMILES string of the molecule is CCNC(=NCC1CC(=O)Nc2ccccc21)NCCCOCC(F)(F)F. The lowest BCUT2D eigenvalue weighted by Crippen LogP contribution is -2.38. The van der Waals surface area contributed by atoms with Crippen molar-refractivity contribution in [1.29, 1.82) is 0 Å². The Hall–Kier alpha value is -2.29. The highest BCUT2D eigenvalue weighted by atomic mass is 19.4. The molecule has 0 saturated heterocycles. The quantitative estimate of drug-likeness (QED) is 0.365. The maximum atomic E-state index is 12.0. The zero-order valence-electron chi connectivity index (χ0n) is 15.2. The molecule has 0 aromatic heterocycles. The molecule has 1 aromatic carbocycles. The van der Waals surface area contributed by atoms with Crippen LogP contribution in [0.4, 0.5) is 18.9 Å². The predicted molar refractivity (Wildman–Crippen MR) is 97.9 cm³/mol. The fraction of sp³-hybridized carbons (Fsp3) is 0.556. The first-order chi connectivity index (χ1) is 12.9. The van der Waals surface area contributed by atoms with E-state index in [2.05, 4.69) is 25.7 Å². The van der Waals surface area contributed by atoms with Crippen LogP contribution in [0.2, 0.25) is 0 Å². The summed E-state index contributed by atoms with van der Waals surface area (Å²) in [5, 5.41) is 9.01. The van der Waals surface area contributed by atoms with Crippen molar-refractivity contribution in [1.82, 2.24) is 10.6 Å². The van der Waals surface area contributed by atoms with Gasteiger partial charge in [-0.3, -0.25) is 9.79 Å². The lowest BCUT2D eigenvalue weighted by molar-refractivity contribution is -0.173. The lowest BCUT2D eigenvalue weighted by atomic mass is 9.91. The summed E-state index contributed by atoms with van der Waals surface area (Å²) in [6.07, 6.45) is -3.51. The molecule has 6 nitrogen and oxygen atoms in total. The van der Waals surface area contributed by atoms with Crippen LogP contribution in [0.15, 0.2) is 29.3 Å². The number of amides is 1. The number of halogens is 3. The third-order valence-electron chi connectivity index (χ3n) is 3.94. The monoisotopic (exact) mass is 386 g/mol. The van der Waals surface area contributed by atoms with Crippen molar-refractivity contribution in [3.63, 3.8) is 0 Å². The fourth-order valence-electron chi connectivity index (χ4n) is 2.78. The van der Waals surface area contributed by atoms with Crippen LogP contribution in [-0.2, 0) is 9.53 Å². The van der Waals surface area contributed by atoms with E-state index in [0.717, 1.165) is 11.3 Å². The number of fused-ring (bicyclic) bond motifs is 1. The van der Waals surface area contributed by atoms with Crippen LogP contribution in [0.25, 0.3) is 0 Å². The van der Waals surface area contributed by atoms with Crippen LogP contribution in [-0.4, -0.2) is 50.9 Å². The number of nitrogens with zero attached hydrogens (tertiary/aromatic N) is 1. The topological polar surface area (TPSA) is 74.8 Å². The standard InChI is InChI=1S/C18H25F3N4O2/c1-2-22-17(23-8-5-9-27-12-18(19,20)21)24-11-13-10-16(26)25-15-7-4-3-6-14(13)15/h3-4,6-7,13H,2,5,8-12H2,1H3,(H,25,26)(H2,22,23,24). The number of hydrogen-bond acceptors (Lipinski definition) is 3. The Morgan fingerprint density at radius 1 is 1.33 bits per heavy atom. The average molecular weight is 386 g/mol. The van der Waals surface area contributed by atoms with E-state index in [4.69, 9.17) is 0 Å². The van der Waals surface area contributed by atoms with Crippen LogP contribution >= 0.6 is 0 Å². The fourth-order valence-corrected chi connectivity index (χ4v) is 2.78. The molecule has 0 spiro atoms. The Balaban J connectivity index is 1.84. The number of guanidine groups is 1. The zero-order valence-corrected chi connectivity index (χ0v) is 15.2. The predicted octanol–water partition coefficient (Wildman–Crippen LogP) is 2.64. The summed E-state index contributed by atoms with van der Waals surface area (Å²) in [7, 11) is 0. The molecule has 150 valence electrons. The smallest absolute Gasteiger partial charge is 0.372 e. The molecule has 0 saturated carbocycles. The highest BCUT2D eigenvalue weighted by Crippen LogP contribution is 2.31. The molecule has 9 heteroatoms. The number of ether oxygens (including phenoxy) is 1. The van der Waals surface area contributed by atoms with Gasteiger partial charge in [-0.25, -0.2) is 0 Å². The van der Waals surface area contributed by atoms with Crippen molar-refractivity contribution in [2.45, 2.75) is 31.9 Å². The molecular formula is C18H25F3N4O2. The second-order valence-corrected chi connectivity index (χ2v) is 6.20. The van der Waals surface area contributed by atoms with Gasteiger partial charge < -0.3 is 20.7 Å². The van der Waals surface area contributed by atoms with E-state index in [-0.39, 0.29) is 18.4 Å². The zero-order chi connectivity index (χ0) is 19.7. The van der Waals surface area contributed by atoms with E-state index in [1.165, 1.54) is 0 Å². The van der Waals surface area contributed by atoms with Gasteiger partial charge in [0.05, 0.1) is 6.54 Å².